The number of rotatable bonds is 6. The highest BCUT2D eigenvalue weighted by Crippen LogP contribution is 2.31. The quantitative estimate of drug-likeness (QED) is 0.330. The van der Waals surface area contributed by atoms with Gasteiger partial charge in [-0.1, -0.05) is 18.6 Å². The van der Waals surface area contributed by atoms with E-state index >= 15 is 0 Å². The number of ether oxygens (including phenoxy) is 1. The van der Waals surface area contributed by atoms with Crippen LogP contribution in [0.2, 0.25) is 0 Å². The van der Waals surface area contributed by atoms with Crippen molar-refractivity contribution in [3.8, 4) is 11.5 Å². The number of para-hydroxylation sites is 1. The number of carbonyl (C=O) groups is 3. The Balaban J connectivity index is 1.24. The fourth-order valence-corrected chi connectivity index (χ4v) is 5.25. The van der Waals surface area contributed by atoms with Crippen molar-refractivity contribution in [2.75, 3.05) is 18.9 Å². The summed E-state index contributed by atoms with van der Waals surface area (Å²) < 4.78 is 6.17. The van der Waals surface area contributed by atoms with Crippen molar-refractivity contribution in [1.29, 1.82) is 0 Å². The van der Waals surface area contributed by atoms with Gasteiger partial charge in [-0.05, 0) is 61.2 Å². The topological polar surface area (TPSA) is 125 Å². The van der Waals surface area contributed by atoms with Gasteiger partial charge in [-0.25, -0.2) is 0 Å². The molecular weight excluding hydrogens is 448 g/mol. The van der Waals surface area contributed by atoms with E-state index in [0.717, 1.165) is 36.9 Å². The Morgan fingerprint density at radius 1 is 1.11 bits per heavy atom. The van der Waals surface area contributed by atoms with Crippen molar-refractivity contribution in [3.05, 3.63) is 53.1 Å². The van der Waals surface area contributed by atoms with E-state index in [0.29, 0.717) is 43.1 Å². The summed E-state index contributed by atoms with van der Waals surface area (Å²) in [6.45, 7) is 2.41. The number of nitrogens with one attached hydrogen (secondary N) is 1. The number of phenolic OH excluding ortho intramolecular Hbond substituents is 1. The second-order valence-corrected chi connectivity index (χ2v) is 9.50. The zero-order chi connectivity index (χ0) is 24.5. The maximum atomic E-state index is 12.9. The van der Waals surface area contributed by atoms with Crippen LogP contribution in [0.5, 0.6) is 11.5 Å². The Morgan fingerprint density at radius 3 is 2.80 bits per heavy atom. The van der Waals surface area contributed by atoms with E-state index in [1.54, 1.807) is 29.2 Å². The van der Waals surface area contributed by atoms with E-state index < -0.39 is 11.9 Å². The maximum absolute atomic E-state index is 12.9. The van der Waals surface area contributed by atoms with E-state index in [9.17, 15) is 19.5 Å². The molecule has 0 spiro atoms. The fourth-order valence-electron chi connectivity index (χ4n) is 5.25. The summed E-state index contributed by atoms with van der Waals surface area (Å²) in [5.41, 5.74) is 8.79. The Bertz CT molecular complexity index is 1170. The van der Waals surface area contributed by atoms with Gasteiger partial charge in [-0.3, -0.25) is 24.6 Å². The van der Waals surface area contributed by atoms with Crippen molar-refractivity contribution in [1.82, 2.24) is 15.1 Å². The van der Waals surface area contributed by atoms with Gasteiger partial charge in [-0.15, -0.1) is 0 Å². The number of benzene rings is 2. The summed E-state index contributed by atoms with van der Waals surface area (Å²) >= 11 is 0. The summed E-state index contributed by atoms with van der Waals surface area (Å²) in [5, 5.41) is 12.3. The monoisotopic (exact) mass is 478 g/mol. The van der Waals surface area contributed by atoms with Crippen molar-refractivity contribution >= 4 is 23.4 Å². The Kier molecular flexibility index (Phi) is 6.34. The van der Waals surface area contributed by atoms with Gasteiger partial charge in [0.25, 0.3) is 5.91 Å². The highest BCUT2D eigenvalue weighted by atomic mass is 16.5. The molecule has 2 atom stereocenters. The molecule has 5 rings (SSSR count). The largest absolute Gasteiger partial charge is 0.506 e. The first-order chi connectivity index (χ1) is 16.9. The maximum Gasteiger partial charge on any atom is 0.255 e. The second kappa shape index (κ2) is 9.58. The molecule has 2 aromatic rings. The average Bonchev–Trinajstić information content (AvgIpc) is 3.17. The summed E-state index contributed by atoms with van der Waals surface area (Å²) in [5.74, 6) is -0.114. The molecule has 3 aliphatic heterocycles. The molecular formula is C26H30N4O5. The van der Waals surface area contributed by atoms with Gasteiger partial charge in [0.1, 0.15) is 24.1 Å². The third-order valence-electron chi connectivity index (χ3n) is 7.23. The lowest BCUT2D eigenvalue weighted by molar-refractivity contribution is -0.136. The van der Waals surface area contributed by atoms with E-state index in [2.05, 4.69) is 10.2 Å². The first-order valence-corrected chi connectivity index (χ1v) is 12.1. The predicted molar refractivity (Wildman–Crippen MR) is 129 cm³/mol. The summed E-state index contributed by atoms with van der Waals surface area (Å²) in [6, 6.07) is 10.3. The van der Waals surface area contributed by atoms with Crippen LogP contribution >= 0.6 is 0 Å². The normalized spacial score (nSPS) is 22.7. The molecule has 9 heteroatoms. The number of hydrogen-bond donors (Lipinski definition) is 3. The van der Waals surface area contributed by atoms with Crippen LogP contribution in [0.15, 0.2) is 36.4 Å². The van der Waals surface area contributed by atoms with Crippen LogP contribution < -0.4 is 15.8 Å². The van der Waals surface area contributed by atoms with Gasteiger partial charge >= 0.3 is 0 Å². The zero-order valence-corrected chi connectivity index (χ0v) is 19.5. The molecule has 9 nitrogen and oxygen atoms in total. The first kappa shape index (κ1) is 23.2. The van der Waals surface area contributed by atoms with Crippen LogP contribution in [-0.4, -0.2) is 57.9 Å². The van der Waals surface area contributed by atoms with Gasteiger partial charge < -0.3 is 20.5 Å². The molecule has 2 fully saturated rings. The number of phenols is 1. The van der Waals surface area contributed by atoms with Crippen molar-refractivity contribution in [2.45, 2.75) is 57.3 Å². The molecule has 0 aliphatic carbocycles. The summed E-state index contributed by atoms with van der Waals surface area (Å²) in [6.07, 6.45) is 3.81. The van der Waals surface area contributed by atoms with Crippen molar-refractivity contribution in [2.24, 2.45) is 0 Å². The van der Waals surface area contributed by atoms with E-state index in [1.165, 1.54) is 0 Å². The van der Waals surface area contributed by atoms with E-state index in [4.69, 9.17) is 10.5 Å². The van der Waals surface area contributed by atoms with Gasteiger partial charge in [0.05, 0.1) is 5.69 Å². The molecule has 4 N–H and O–H groups in total. The van der Waals surface area contributed by atoms with Crippen molar-refractivity contribution < 1.29 is 24.2 Å². The molecule has 184 valence electrons. The van der Waals surface area contributed by atoms with Crippen molar-refractivity contribution in [3.63, 3.8) is 0 Å². The molecule has 3 amide bonds. The second-order valence-electron chi connectivity index (χ2n) is 9.50. The molecule has 0 aromatic heterocycles. The highest BCUT2D eigenvalue weighted by Gasteiger charge is 2.39. The number of imide groups is 1. The fraction of sp³-hybridized carbons (Fsp3) is 0.423. The van der Waals surface area contributed by atoms with Crippen LogP contribution in [0.25, 0.3) is 0 Å². The summed E-state index contributed by atoms with van der Waals surface area (Å²) in [4.78, 5) is 40.5. The standard InChI is InChI=1S/C26H30N4O5/c27-24-16(4-3-6-22(24)31)13-29-11-2-1-5-18(29)15-35-19-7-8-20-17(12-19)14-30(26(20)34)21-9-10-23(32)28-25(21)33/h3-4,6-8,12,18,21,31H,1-2,5,9-11,13-15,27H2,(H,28,32,33). The Hall–Kier alpha value is -3.59. The lowest BCUT2D eigenvalue weighted by Gasteiger charge is -2.35. The molecule has 2 saturated heterocycles. The SMILES string of the molecule is Nc1c(O)cccc1CN1CCCCC1COc1ccc2c(c1)CN(C1CCC(=O)NC1=O)C2=O. The molecule has 2 aromatic carbocycles. The third-order valence-corrected chi connectivity index (χ3v) is 7.23. The smallest absolute Gasteiger partial charge is 0.255 e. The molecule has 0 saturated carbocycles. The Labute approximate surface area is 203 Å². The lowest BCUT2D eigenvalue weighted by atomic mass is 10.0. The predicted octanol–water partition coefficient (Wildman–Crippen LogP) is 2.17. The van der Waals surface area contributed by atoms with Gasteiger partial charge in [-0.2, -0.15) is 0 Å². The number of carbonyl (C=O) groups excluding carboxylic acids is 3. The number of aromatic hydroxyl groups is 1. The highest BCUT2D eigenvalue weighted by molar-refractivity contribution is 6.05. The van der Waals surface area contributed by atoms with Gasteiger partial charge in [0.2, 0.25) is 11.8 Å². The van der Waals surface area contributed by atoms with E-state index in [1.807, 2.05) is 12.1 Å². The lowest BCUT2D eigenvalue weighted by Crippen LogP contribution is -2.52. The summed E-state index contributed by atoms with van der Waals surface area (Å²) in [7, 11) is 0. The molecule has 2 unspecified atom stereocenters. The molecule has 0 bridgehead atoms. The average molecular weight is 479 g/mol. The molecule has 3 aliphatic rings. The minimum absolute atomic E-state index is 0.103. The van der Waals surface area contributed by atoms with Gasteiger partial charge in [0.15, 0.2) is 0 Å². The van der Waals surface area contributed by atoms with Crippen LogP contribution in [0, 0.1) is 0 Å². The number of nitrogen functional groups attached to an aromatic ring is 1. The number of hydrogen-bond acceptors (Lipinski definition) is 7. The molecule has 0 radical (unpaired) electrons. The van der Waals surface area contributed by atoms with Crippen LogP contribution in [0.3, 0.4) is 0 Å². The first-order valence-electron chi connectivity index (χ1n) is 12.1. The minimum Gasteiger partial charge on any atom is -0.506 e. The number of nitrogens with two attached hydrogens (primary N) is 1. The number of amides is 3. The third kappa shape index (κ3) is 4.68. The van der Waals surface area contributed by atoms with Crippen LogP contribution in [-0.2, 0) is 22.7 Å². The van der Waals surface area contributed by atoms with Crippen LogP contribution in [0.1, 0.15) is 53.6 Å². The number of likely N-dealkylation sites (tertiary alicyclic amines) is 1. The molecule has 35 heavy (non-hydrogen) atoms. The number of fused-ring (bicyclic) bond motifs is 1. The number of nitrogens with zero attached hydrogens (tertiary/aromatic N) is 2. The minimum atomic E-state index is -0.627. The van der Waals surface area contributed by atoms with Gasteiger partial charge in [0, 0.05) is 31.1 Å². The zero-order valence-electron chi connectivity index (χ0n) is 19.5. The molecule has 3 heterocycles. The number of anilines is 1. The van der Waals surface area contributed by atoms with E-state index in [-0.39, 0.29) is 30.0 Å². The number of piperidine rings is 2. The van der Waals surface area contributed by atoms with Crippen LogP contribution in [0.4, 0.5) is 5.69 Å². The Morgan fingerprint density at radius 2 is 1.97 bits per heavy atom.